The van der Waals surface area contributed by atoms with Crippen LogP contribution in [0.15, 0.2) is 12.7 Å². The summed E-state index contributed by atoms with van der Waals surface area (Å²) in [4.78, 5) is 0. The molecule has 0 heterocycles. The summed E-state index contributed by atoms with van der Waals surface area (Å²) in [6.07, 6.45) is 2.72. The number of hydrogen-bond donors (Lipinski definition) is 2. The van der Waals surface area contributed by atoms with E-state index in [1.807, 2.05) is 13.8 Å². The molecule has 0 aliphatic rings. The molecule has 0 fully saturated rings. The topological polar surface area (TPSA) is 32.3 Å². The van der Waals surface area contributed by atoms with E-state index in [9.17, 15) is 0 Å². The predicted molar refractivity (Wildman–Crippen MR) is 44.0 cm³/mol. The van der Waals surface area contributed by atoms with E-state index < -0.39 is 0 Å². The number of aliphatic hydroxyl groups is 1. The van der Waals surface area contributed by atoms with Crippen LogP contribution in [0.2, 0.25) is 0 Å². The lowest BCUT2D eigenvalue weighted by atomic mass is 10.0. The van der Waals surface area contributed by atoms with E-state index in [0.29, 0.717) is 0 Å². The van der Waals surface area contributed by atoms with Crippen LogP contribution in [0, 0.1) is 0 Å². The summed E-state index contributed by atoms with van der Waals surface area (Å²) >= 11 is 0. The Morgan fingerprint density at radius 2 is 2.30 bits per heavy atom. The average molecular weight is 143 g/mol. The van der Waals surface area contributed by atoms with Gasteiger partial charge in [-0.3, -0.25) is 0 Å². The van der Waals surface area contributed by atoms with Gasteiger partial charge in [-0.2, -0.15) is 0 Å². The predicted octanol–water partition coefficient (Wildman–Crippen LogP) is 0.923. The molecule has 0 saturated heterocycles. The van der Waals surface area contributed by atoms with Crippen LogP contribution < -0.4 is 5.32 Å². The third-order valence-corrected chi connectivity index (χ3v) is 1.80. The average Bonchev–Trinajstić information content (AvgIpc) is 2.00. The maximum atomic E-state index is 8.92. The molecule has 2 heteroatoms. The van der Waals surface area contributed by atoms with Crippen LogP contribution in [0.1, 0.15) is 20.3 Å². The first-order valence-electron chi connectivity index (χ1n) is 3.65. The van der Waals surface area contributed by atoms with Crippen molar-refractivity contribution in [3.8, 4) is 0 Å². The van der Waals surface area contributed by atoms with Crippen molar-refractivity contribution in [3.63, 3.8) is 0 Å². The van der Waals surface area contributed by atoms with Gasteiger partial charge in [0.25, 0.3) is 0 Å². The molecule has 2 nitrogen and oxygen atoms in total. The molecule has 0 amide bonds. The second-order valence-corrected chi connectivity index (χ2v) is 2.74. The molecule has 0 rings (SSSR count). The number of rotatable bonds is 5. The quantitative estimate of drug-likeness (QED) is 0.561. The monoisotopic (exact) mass is 143 g/mol. The number of nitrogens with one attached hydrogen (secondary N) is 1. The minimum atomic E-state index is -0.131. The third kappa shape index (κ3) is 2.99. The fourth-order valence-corrected chi connectivity index (χ4v) is 0.611. The molecule has 1 unspecified atom stereocenters. The van der Waals surface area contributed by atoms with E-state index in [4.69, 9.17) is 5.11 Å². The molecule has 0 spiro atoms. The maximum absolute atomic E-state index is 8.92. The second-order valence-electron chi connectivity index (χ2n) is 2.74. The van der Waals surface area contributed by atoms with Gasteiger partial charge in [-0.25, -0.2) is 0 Å². The van der Waals surface area contributed by atoms with Crippen LogP contribution in [0.3, 0.4) is 0 Å². The highest BCUT2D eigenvalue weighted by Gasteiger charge is 2.18. The summed E-state index contributed by atoms with van der Waals surface area (Å²) in [5.74, 6) is 0. The van der Waals surface area contributed by atoms with E-state index in [0.717, 1.165) is 13.0 Å². The highest BCUT2D eigenvalue weighted by molar-refractivity contribution is 4.84. The van der Waals surface area contributed by atoms with Crippen LogP contribution in [0.5, 0.6) is 0 Å². The van der Waals surface area contributed by atoms with Gasteiger partial charge in [-0.05, 0) is 13.3 Å². The van der Waals surface area contributed by atoms with Crippen molar-refractivity contribution in [2.45, 2.75) is 25.8 Å². The van der Waals surface area contributed by atoms with Gasteiger partial charge in [0.15, 0.2) is 0 Å². The van der Waals surface area contributed by atoms with Gasteiger partial charge >= 0.3 is 0 Å². The molecule has 0 aliphatic carbocycles. The summed E-state index contributed by atoms with van der Waals surface area (Å²) < 4.78 is 0. The van der Waals surface area contributed by atoms with Gasteiger partial charge in [0.1, 0.15) is 0 Å². The zero-order valence-corrected chi connectivity index (χ0v) is 6.85. The van der Waals surface area contributed by atoms with Gasteiger partial charge in [0.2, 0.25) is 0 Å². The SMILES string of the molecule is C=CCNC(C)(CC)CO. The molecule has 1 atom stereocenters. The van der Waals surface area contributed by atoms with Crippen molar-refractivity contribution >= 4 is 0 Å². The summed E-state index contributed by atoms with van der Waals surface area (Å²) in [6.45, 7) is 8.57. The second kappa shape index (κ2) is 4.47. The molecule has 2 N–H and O–H groups in total. The van der Waals surface area contributed by atoms with Crippen molar-refractivity contribution in [1.29, 1.82) is 0 Å². The highest BCUT2D eigenvalue weighted by Crippen LogP contribution is 2.06. The van der Waals surface area contributed by atoms with Crippen LogP contribution in [-0.4, -0.2) is 23.8 Å². The van der Waals surface area contributed by atoms with Crippen molar-refractivity contribution in [2.75, 3.05) is 13.2 Å². The first-order chi connectivity index (χ1) is 4.68. The Morgan fingerprint density at radius 3 is 2.60 bits per heavy atom. The summed E-state index contributed by atoms with van der Waals surface area (Å²) in [7, 11) is 0. The smallest absolute Gasteiger partial charge is 0.0610 e. The third-order valence-electron chi connectivity index (χ3n) is 1.80. The molecule has 60 valence electrons. The van der Waals surface area contributed by atoms with E-state index in [-0.39, 0.29) is 12.1 Å². The Hall–Kier alpha value is -0.340. The molecular formula is C8H17NO. The first-order valence-corrected chi connectivity index (χ1v) is 3.65. The molecule has 0 radical (unpaired) electrons. The summed E-state index contributed by atoms with van der Waals surface area (Å²) in [5, 5.41) is 12.1. The Kier molecular flexibility index (Phi) is 4.32. The van der Waals surface area contributed by atoms with Crippen molar-refractivity contribution in [2.24, 2.45) is 0 Å². The van der Waals surface area contributed by atoms with Gasteiger partial charge in [-0.1, -0.05) is 13.0 Å². The van der Waals surface area contributed by atoms with Gasteiger partial charge in [0.05, 0.1) is 6.61 Å². The molecule has 0 aromatic rings. The van der Waals surface area contributed by atoms with Crippen molar-refractivity contribution in [1.82, 2.24) is 5.32 Å². The lowest BCUT2D eigenvalue weighted by Crippen LogP contribution is -2.45. The Bertz CT molecular complexity index is 97.4. The Morgan fingerprint density at radius 1 is 1.70 bits per heavy atom. The van der Waals surface area contributed by atoms with Crippen LogP contribution in [0.25, 0.3) is 0 Å². The summed E-state index contributed by atoms with van der Waals surface area (Å²) in [6, 6.07) is 0. The van der Waals surface area contributed by atoms with E-state index >= 15 is 0 Å². The van der Waals surface area contributed by atoms with Gasteiger partial charge < -0.3 is 10.4 Å². The van der Waals surface area contributed by atoms with E-state index in [1.54, 1.807) is 6.08 Å². The zero-order chi connectivity index (χ0) is 8.04. The Labute approximate surface area is 62.9 Å². The lowest BCUT2D eigenvalue weighted by molar-refractivity contribution is 0.174. The lowest BCUT2D eigenvalue weighted by Gasteiger charge is -2.26. The van der Waals surface area contributed by atoms with Crippen LogP contribution >= 0.6 is 0 Å². The first kappa shape index (κ1) is 9.66. The molecule has 0 saturated carbocycles. The highest BCUT2D eigenvalue weighted by atomic mass is 16.3. The van der Waals surface area contributed by atoms with Crippen molar-refractivity contribution in [3.05, 3.63) is 12.7 Å². The molecule has 10 heavy (non-hydrogen) atoms. The molecule has 0 aromatic carbocycles. The van der Waals surface area contributed by atoms with Gasteiger partial charge in [0, 0.05) is 12.1 Å². The normalized spacial score (nSPS) is 16.3. The largest absolute Gasteiger partial charge is 0.394 e. The molecule has 0 aromatic heterocycles. The molecule has 0 bridgehead atoms. The van der Waals surface area contributed by atoms with E-state index in [2.05, 4.69) is 11.9 Å². The maximum Gasteiger partial charge on any atom is 0.0610 e. The van der Waals surface area contributed by atoms with Gasteiger partial charge in [-0.15, -0.1) is 6.58 Å². The minimum Gasteiger partial charge on any atom is -0.394 e. The fraction of sp³-hybridized carbons (Fsp3) is 0.750. The standard InChI is InChI=1S/C8H17NO/c1-4-6-9-8(3,5-2)7-10/h4,9-10H,1,5-7H2,2-3H3. The summed E-state index contributed by atoms with van der Waals surface area (Å²) in [5.41, 5.74) is -0.131. The minimum absolute atomic E-state index is 0.131. The van der Waals surface area contributed by atoms with Crippen molar-refractivity contribution < 1.29 is 5.11 Å². The fourth-order valence-electron chi connectivity index (χ4n) is 0.611. The van der Waals surface area contributed by atoms with E-state index in [1.165, 1.54) is 0 Å². The van der Waals surface area contributed by atoms with Crippen LogP contribution in [-0.2, 0) is 0 Å². The Balaban J connectivity index is 3.68. The number of aliphatic hydroxyl groups excluding tert-OH is 1. The zero-order valence-electron chi connectivity index (χ0n) is 6.85. The van der Waals surface area contributed by atoms with Crippen LogP contribution in [0.4, 0.5) is 0 Å². The number of hydrogen-bond acceptors (Lipinski definition) is 2. The molecule has 0 aliphatic heterocycles. The molecular weight excluding hydrogens is 126 g/mol.